The molecule has 0 bridgehead atoms. The van der Waals surface area contributed by atoms with E-state index in [1.807, 2.05) is 36.1 Å². The third-order valence-electron chi connectivity index (χ3n) is 3.06. The summed E-state index contributed by atoms with van der Waals surface area (Å²) in [5, 5.41) is 0.846. The molecule has 2 aliphatic rings. The molecule has 1 saturated heterocycles. The van der Waals surface area contributed by atoms with Gasteiger partial charge >= 0.3 is 0 Å². The van der Waals surface area contributed by atoms with Crippen molar-refractivity contribution >= 4 is 28.5 Å². The lowest BCUT2D eigenvalue weighted by molar-refractivity contribution is -0.127. The van der Waals surface area contributed by atoms with Crippen molar-refractivity contribution in [3.63, 3.8) is 0 Å². The zero-order valence-electron chi connectivity index (χ0n) is 9.18. The van der Waals surface area contributed by atoms with E-state index in [9.17, 15) is 4.79 Å². The van der Waals surface area contributed by atoms with Gasteiger partial charge in [-0.1, -0.05) is 30.0 Å². The fraction of sp³-hybridized carbons (Fsp3) is 0.333. The minimum Gasteiger partial charge on any atom is -0.283 e. The summed E-state index contributed by atoms with van der Waals surface area (Å²) in [5.74, 6) is 0.172. The molecule has 3 rings (SSSR count). The van der Waals surface area contributed by atoms with Crippen LogP contribution in [0.5, 0.6) is 0 Å². The molecule has 0 aliphatic carbocycles. The molecule has 0 aromatic heterocycles. The molecule has 16 heavy (non-hydrogen) atoms. The number of benzene rings is 1. The van der Waals surface area contributed by atoms with Crippen molar-refractivity contribution in [3.05, 3.63) is 29.8 Å². The van der Waals surface area contributed by atoms with Gasteiger partial charge in [-0.2, -0.15) is 0 Å². The van der Waals surface area contributed by atoms with Gasteiger partial charge in [0.05, 0.1) is 17.0 Å². The van der Waals surface area contributed by atoms with Crippen molar-refractivity contribution in [2.75, 3.05) is 0 Å². The van der Waals surface area contributed by atoms with Gasteiger partial charge < -0.3 is 0 Å². The first-order valence-electron chi connectivity index (χ1n) is 5.36. The van der Waals surface area contributed by atoms with Crippen LogP contribution in [-0.4, -0.2) is 21.2 Å². The molecule has 0 saturated carbocycles. The quantitative estimate of drug-likeness (QED) is 0.689. The Kier molecular flexibility index (Phi) is 2.07. The summed E-state index contributed by atoms with van der Waals surface area (Å²) in [6.07, 6.45) is 0. The van der Waals surface area contributed by atoms with E-state index in [1.165, 1.54) is 0 Å². The van der Waals surface area contributed by atoms with E-state index in [0.717, 1.165) is 16.4 Å². The summed E-state index contributed by atoms with van der Waals surface area (Å²) in [6.45, 7) is 4.00. The summed E-state index contributed by atoms with van der Waals surface area (Å²) >= 11 is 1.55. The van der Waals surface area contributed by atoms with Crippen LogP contribution in [0.15, 0.2) is 29.3 Å². The predicted molar refractivity (Wildman–Crippen MR) is 65.9 cm³/mol. The number of aliphatic imine (C=N–C) groups is 1. The van der Waals surface area contributed by atoms with Crippen LogP contribution in [0.3, 0.4) is 0 Å². The van der Waals surface area contributed by atoms with E-state index in [0.29, 0.717) is 0 Å². The summed E-state index contributed by atoms with van der Waals surface area (Å²) < 4.78 is 0. The van der Waals surface area contributed by atoms with Gasteiger partial charge in [-0.25, -0.2) is 4.99 Å². The minimum absolute atomic E-state index is 0.00416. The number of carbonyl (C=O) groups is 1. The standard InChI is InChI=1S/C12H12N2OS/c1-7-9-5-3-4-6-10(9)13-12-14(7)11(15)8(2)16-12/h3-8H,1-2H3/t7-,8+/m0/s1. The topological polar surface area (TPSA) is 32.7 Å². The lowest BCUT2D eigenvalue weighted by atomic mass is 10.0. The summed E-state index contributed by atoms with van der Waals surface area (Å²) in [7, 11) is 0. The van der Waals surface area contributed by atoms with Crippen molar-refractivity contribution in [1.29, 1.82) is 0 Å². The van der Waals surface area contributed by atoms with E-state index >= 15 is 0 Å². The number of amides is 1. The summed E-state index contributed by atoms with van der Waals surface area (Å²) in [6, 6.07) is 8.13. The molecule has 3 nitrogen and oxygen atoms in total. The molecular weight excluding hydrogens is 220 g/mol. The second-order valence-electron chi connectivity index (χ2n) is 4.10. The zero-order chi connectivity index (χ0) is 11.3. The number of hydrogen-bond donors (Lipinski definition) is 0. The summed E-state index contributed by atoms with van der Waals surface area (Å²) in [4.78, 5) is 18.3. The van der Waals surface area contributed by atoms with Crippen LogP contribution < -0.4 is 0 Å². The Morgan fingerprint density at radius 2 is 2.06 bits per heavy atom. The number of carbonyl (C=O) groups excluding carboxylic acids is 1. The number of nitrogens with zero attached hydrogens (tertiary/aromatic N) is 2. The number of para-hydroxylation sites is 1. The van der Waals surface area contributed by atoms with Gasteiger partial charge in [0.25, 0.3) is 0 Å². The third-order valence-corrected chi connectivity index (χ3v) is 4.12. The molecule has 4 heteroatoms. The van der Waals surface area contributed by atoms with E-state index in [-0.39, 0.29) is 17.2 Å². The van der Waals surface area contributed by atoms with Crippen LogP contribution in [0.25, 0.3) is 0 Å². The SMILES string of the molecule is C[C@H]1SC2=Nc3ccccc3[C@H](C)N2C1=O. The number of amidine groups is 1. The second kappa shape index (κ2) is 3.35. The van der Waals surface area contributed by atoms with Gasteiger partial charge in [0.1, 0.15) is 0 Å². The maximum atomic E-state index is 12.0. The van der Waals surface area contributed by atoms with Crippen LogP contribution in [0.4, 0.5) is 5.69 Å². The average Bonchev–Trinajstić information content (AvgIpc) is 2.55. The van der Waals surface area contributed by atoms with E-state index < -0.39 is 0 Å². The van der Waals surface area contributed by atoms with Crippen LogP contribution in [-0.2, 0) is 4.79 Å². The first-order chi connectivity index (χ1) is 7.68. The van der Waals surface area contributed by atoms with Crippen LogP contribution in [0, 0.1) is 0 Å². The molecule has 1 aromatic rings. The lowest BCUT2D eigenvalue weighted by Crippen LogP contribution is -2.35. The Labute approximate surface area is 98.5 Å². The number of thioether (sulfide) groups is 1. The van der Waals surface area contributed by atoms with Gasteiger partial charge in [0.2, 0.25) is 5.91 Å². The van der Waals surface area contributed by atoms with Crippen molar-refractivity contribution in [1.82, 2.24) is 4.90 Å². The average molecular weight is 232 g/mol. The fourth-order valence-corrected chi connectivity index (χ4v) is 3.22. The molecule has 2 atom stereocenters. The maximum Gasteiger partial charge on any atom is 0.242 e. The van der Waals surface area contributed by atoms with Gasteiger partial charge in [-0.05, 0) is 19.9 Å². The second-order valence-corrected chi connectivity index (χ2v) is 5.41. The largest absolute Gasteiger partial charge is 0.283 e. The highest BCUT2D eigenvalue weighted by atomic mass is 32.2. The highest BCUT2D eigenvalue weighted by molar-refractivity contribution is 8.15. The third kappa shape index (κ3) is 1.23. The van der Waals surface area contributed by atoms with Gasteiger partial charge in [0, 0.05) is 5.56 Å². The molecule has 2 aliphatic heterocycles. The van der Waals surface area contributed by atoms with Crippen molar-refractivity contribution in [3.8, 4) is 0 Å². The molecule has 0 radical (unpaired) electrons. The van der Waals surface area contributed by atoms with Gasteiger partial charge in [0.15, 0.2) is 5.17 Å². The van der Waals surface area contributed by atoms with E-state index in [4.69, 9.17) is 0 Å². The molecule has 1 fully saturated rings. The predicted octanol–water partition coefficient (Wildman–Crippen LogP) is 2.71. The first-order valence-corrected chi connectivity index (χ1v) is 6.24. The number of fused-ring (bicyclic) bond motifs is 2. The highest BCUT2D eigenvalue weighted by Crippen LogP contribution is 2.42. The molecule has 0 N–H and O–H groups in total. The van der Waals surface area contributed by atoms with Crippen LogP contribution in [0.1, 0.15) is 25.5 Å². The Balaban J connectivity index is 2.14. The molecule has 2 heterocycles. The minimum atomic E-state index is -0.00416. The van der Waals surface area contributed by atoms with Crippen LogP contribution >= 0.6 is 11.8 Å². The fourth-order valence-electron chi connectivity index (χ4n) is 2.18. The first kappa shape index (κ1) is 9.90. The van der Waals surface area contributed by atoms with Crippen molar-refractivity contribution in [2.45, 2.75) is 25.1 Å². The van der Waals surface area contributed by atoms with Crippen molar-refractivity contribution in [2.24, 2.45) is 4.99 Å². The van der Waals surface area contributed by atoms with Gasteiger partial charge in [-0.15, -0.1) is 0 Å². The molecular formula is C12H12N2OS. The Morgan fingerprint density at radius 3 is 2.88 bits per heavy atom. The smallest absolute Gasteiger partial charge is 0.242 e. The van der Waals surface area contributed by atoms with E-state index in [1.54, 1.807) is 11.8 Å². The Bertz CT molecular complexity index is 498. The molecule has 82 valence electrons. The normalized spacial score (nSPS) is 27.5. The monoisotopic (exact) mass is 232 g/mol. The van der Waals surface area contributed by atoms with E-state index in [2.05, 4.69) is 11.9 Å². The zero-order valence-corrected chi connectivity index (χ0v) is 9.99. The Morgan fingerprint density at radius 1 is 1.31 bits per heavy atom. The maximum absolute atomic E-state index is 12.0. The molecule has 1 aromatic carbocycles. The number of hydrogen-bond acceptors (Lipinski definition) is 3. The van der Waals surface area contributed by atoms with Crippen LogP contribution in [0.2, 0.25) is 0 Å². The highest BCUT2D eigenvalue weighted by Gasteiger charge is 2.41. The van der Waals surface area contributed by atoms with Gasteiger partial charge in [-0.3, -0.25) is 9.69 Å². The Hall–Kier alpha value is -1.29. The number of rotatable bonds is 0. The molecule has 0 spiro atoms. The molecule has 1 amide bonds. The van der Waals surface area contributed by atoms with Crippen molar-refractivity contribution < 1.29 is 4.79 Å². The lowest BCUT2D eigenvalue weighted by Gasteiger charge is -2.29. The molecule has 0 unspecified atom stereocenters. The summed E-state index contributed by atoms with van der Waals surface area (Å²) in [5.41, 5.74) is 2.13.